The lowest BCUT2D eigenvalue weighted by Crippen LogP contribution is -2.31. The van der Waals surface area contributed by atoms with Gasteiger partial charge in [0, 0.05) is 18.3 Å². The van der Waals surface area contributed by atoms with Gasteiger partial charge in [0.2, 0.25) is 0 Å². The fraction of sp³-hybridized carbons (Fsp3) is 0.250. The number of aryl methyl sites for hydroxylation is 1. The first kappa shape index (κ1) is 19.2. The highest BCUT2D eigenvalue weighted by atomic mass is 19.1. The molecule has 2 N–H and O–H groups in total. The number of aromatic nitrogens is 1. The molecule has 7 nitrogen and oxygen atoms in total. The maximum Gasteiger partial charge on any atom is 0.271 e. The van der Waals surface area contributed by atoms with E-state index in [1.54, 1.807) is 24.4 Å². The third-order valence-corrected chi connectivity index (χ3v) is 4.19. The number of carbonyl (C=O) groups is 1. The average molecular weight is 382 g/mol. The largest absolute Gasteiger partial charge is 0.495 e. The van der Waals surface area contributed by atoms with Crippen LogP contribution in [0.1, 0.15) is 23.1 Å². The lowest BCUT2D eigenvalue weighted by Gasteiger charge is -2.09. The summed E-state index contributed by atoms with van der Waals surface area (Å²) in [6.07, 6.45) is 4.00. The van der Waals surface area contributed by atoms with Gasteiger partial charge >= 0.3 is 0 Å². The van der Waals surface area contributed by atoms with E-state index in [0.29, 0.717) is 47.7 Å². The Hall–Kier alpha value is -3.60. The Balaban J connectivity index is 1.64. The highest BCUT2D eigenvalue weighted by Gasteiger charge is 2.24. The van der Waals surface area contributed by atoms with Crippen molar-refractivity contribution in [1.29, 1.82) is 5.26 Å². The third kappa shape index (κ3) is 4.38. The molecule has 1 amide bonds. The summed E-state index contributed by atoms with van der Waals surface area (Å²) in [6.45, 7) is 0.584. The zero-order valence-corrected chi connectivity index (χ0v) is 15.3. The van der Waals surface area contributed by atoms with Gasteiger partial charge in [0.05, 0.1) is 18.9 Å². The molecule has 8 heteroatoms. The summed E-state index contributed by atoms with van der Waals surface area (Å²) in [4.78, 5) is 16.3. The molecule has 1 aromatic carbocycles. The Kier molecular flexibility index (Phi) is 6.07. The van der Waals surface area contributed by atoms with Gasteiger partial charge in [-0.05, 0) is 42.7 Å². The van der Waals surface area contributed by atoms with E-state index in [9.17, 15) is 14.4 Å². The summed E-state index contributed by atoms with van der Waals surface area (Å²) in [5, 5.41) is 15.0. The Morgan fingerprint density at radius 1 is 1.43 bits per heavy atom. The van der Waals surface area contributed by atoms with Gasteiger partial charge in [0.25, 0.3) is 5.91 Å². The van der Waals surface area contributed by atoms with Crippen LogP contribution in [0.3, 0.4) is 0 Å². The highest BCUT2D eigenvalue weighted by molar-refractivity contribution is 6.00. The number of rotatable bonds is 7. The predicted octanol–water partition coefficient (Wildman–Crippen LogP) is 2.10. The van der Waals surface area contributed by atoms with Crippen LogP contribution in [0.15, 0.2) is 42.4 Å². The number of nitrogens with zero attached hydrogens (tertiary/aromatic N) is 2. The topological polar surface area (TPSA) is 96.3 Å². The first-order valence-electron chi connectivity index (χ1n) is 8.69. The smallest absolute Gasteiger partial charge is 0.271 e. The molecule has 1 aromatic heterocycles. The fourth-order valence-corrected chi connectivity index (χ4v) is 2.86. The van der Waals surface area contributed by atoms with E-state index >= 15 is 0 Å². The number of halogens is 1. The second-order valence-corrected chi connectivity index (χ2v) is 6.07. The number of hydrogen-bond acceptors (Lipinski definition) is 6. The second kappa shape index (κ2) is 8.86. The molecule has 0 fully saturated rings. The molecule has 1 aliphatic rings. The Morgan fingerprint density at radius 3 is 3.04 bits per heavy atom. The molecular formula is C20H19FN4O3. The number of nitriles is 1. The standard InChI is InChI=1S/C20H19FN4O3/c1-27-17-5-4-14(8-15(17)9-22)19-18(25-12-28-19)20(26)24-6-2-3-13-7-16(21)11-23-10-13/h4-5,7-8,10-11,25H,2-3,6,12H2,1H3,(H,24,26). The van der Waals surface area contributed by atoms with Crippen molar-refractivity contribution in [3.8, 4) is 11.8 Å². The van der Waals surface area contributed by atoms with Crippen molar-refractivity contribution in [3.05, 3.63) is 64.9 Å². The third-order valence-electron chi connectivity index (χ3n) is 4.19. The molecule has 28 heavy (non-hydrogen) atoms. The molecule has 0 aliphatic carbocycles. The van der Waals surface area contributed by atoms with Gasteiger partial charge in [0.1, 0.15) is 23.3 Å². The Morgan fingerprint density at radius 2 is 2.29 bits per heavy atom. The first-order valence-corrected chi connectivity index (χ1v) is 8.69. The minimum absolute atomic E-state index is 0.168. The van der Waals surface area contributed by atoms with Crippen LogP contribution >= 0.6 is 0 Å². The van der Waals surface area contributed by atoms with Gasteiger partial charge in [-0.3, -0.25) is 9.78 Å². The molecule has 0 radical (unpaired) electrons. The number of pyridine rings is 1. The molecule has 0 saturated carbocycles. The number of nitrogens with one attached hydrogen (secondary N) is 2. The lowest BCUT2D eigenvalue weighted by molar-refractivity contribution is -0.117. The molecule has 0 unspecified atom stereocenters. The van der Waals surface area contributed by atoms with Crippen LogP contribution < -0.4 is 15.4 Å². The normalized spacial score (nSPS) is 12.8. The van der Waals surface area contributed by atoms with E-state index in [0.717, 1.165) is 11.8 Å². The molecule has 2 aromatic rings. The summed E-state index contributed by atoms with van der Waals surface area (Å²) in [5.41, 5.74) is 2.05. The highest BCUT2D eigenvalue weighted by Crippen LogP contribution is 2.27. The first-order chi connectivity index (χ1) is 13.6. The van der Waals surface area contributed by atoms with Crippen molar-refractivity contribution in [2.45, 2.75) is 12.8 Å². The van der Waals surface area contributed by atoms with Gasteiger partial charge in [-0.1, -0.05) is 0 Å². The van der Waals surface area contributed by atoms with Crippen molar-refractivity contribution < 1.29 is 18.7 Å². The van der Waals surface area contributed by atoms with Crippen LogP contribution in [-0.4, -0.2) is 31.3 Å². The van der Waals surface area contributed by atoms with Gasteiger partial charge in [-0.25, -0.2) is 4.39 Å². The quantitative estimate of drug-likeness (QED) is 0.712. The van der Waals surface area contributed by atoms with Crippen LogP contribution in [0.2, 0.25) is 0 Å². The fourth-order valence-electron chi connectivity index (χ4n) is 2.86. The van der Waals surface area contributed by atoms with E-state index < -0.39 is 0 Å². The number of methoxy groups -OCH3 is 1. The summed E-state index contributed by atoms with van der Waals surface area (Å²) >= 11 is 0. The lowest BCUT2D eigenvalue weighted by atomic mass is 10.1. The van der Waals surface area contributed by atoms with Crippen molar-refractivity contribution in [2.24, 2.45) is 0 Å². The second-order valence-electron chi connectivity index (χ2n) is 6.07. The maximum absolute atomic E-state index is 13.1. The van der Waals surface area contributed by atoms with E-state index in [1.165, 1.54) is 13.2 Å². The molecule has 0 bridgehead atoms. The number of amides is 1. The van der Waals surface area contributed by atoms with Crippen molar-refractivity contribution in [2.75, 3.05) is 20.4 Å². The maximum atomic E-state index is 13.1. The van der Waals surface area contributed by atoms with Gasteiger partial charge in [0.15, 0.2) is 12.5 Å². The molecule has 2 heterocycles. The molecule has 144 valence electrons. The van der Waals surface area contributed by atoms with E-state index in [4.69, 9.17) is 9.47 Å². The predicted molar refractivity (Wildman–Crippen MR) is 99.2 cm³/mol. The molecule has 0 spiro atoms. The molecule has 0 atom stereocenters. The molecule has 0 saturated heterocycles. The van der Waals surface area contributed by atoms with Crippen molar-refractivity contribution in [3.63, 3.8) is 0 Å². The van der Waals surface area contributed by atoms with Gasteiger partial charge < -0.3 is 20.1 Å². The van der Waals surface area contributed by atoms with Crippen molar-refractivity contribution in [1.82, 2.24) is 15.6 Å². The Labute approximate surface area is 161 Å². The van der Waals surface area contributed by atoms with Gasteiger partial charge in [-0.2, -0.15) is 5.26 Å². The summed E-state index contributed by atoms with van der Waals surface area (Å²) in [6, 6.07) is 8.49. The van der Waals surface area contributed by atoms with Crippen LogP contribution in [-0.2, 0) is 16.0 Å². The van der Waals surface area contributed by atoms with Crippen molar-refractivity contribution >= 4 is 11.7 Å². The SMILES string of the molecule is COc1ccc(C2=C(C(=O)NCCCc3cncc(F)c3)NCO2)cc1C#N. The number of benzene rings is 1. The molecule has 3 rings (SSSR count). The minimum atomic E-state index is -0.375. The summed E-state index contributed by atoms with van der Waals surface area (Å²) < 4.78 is 23.8. The average Bonchev–Trinajstić information content (AvgIpc) is 3.20. The van der Waals surface area contributed by atoms with E-state index in [2.05, 4.69) is 21.7 Å². The summed E-state index contributed by atoms with van der Waals surface area (Å²) in [5.74, 6) is 0.153. The summed E-state index contributed by atoms with van der Waals surface area (Å²) in [7, 11) is 1.49. The molecular weight excluding hydrogens is 363 g/mol. The molecule has 1 aliphatic heterocycles. The zero-order valence-electron chi connectivity index (χ0n) is 15.3. The van der Waals surface area contributed by atoms with E-state index in [1.807, 2.05) is 0 Å². The van der Waals surface area contributed by atoms with Crippen LogP contribution in [0, 0.1) is 17.1 Å². The van der Waals surface area contributed by atoms with E-state index in [-0.39, 0.29) is 18.5 Å². The monoisotopic (exact) mass is 382 g/mol. The van der Waals surface area contributed by atoms with Gasteiger partial charge in [-0.15, -0.1) is 0 Å². The Bertz CT molecular complexity index is 953. The number of carbonyl (C=O) groups excluding carboxylic acids is 1. The number of ether oxygens (including phenoxy) is 2. The van der Waals surface area contributed by atoms with Crippen LogP contribution in [0.5, 0.6) is 5.75 Å². The number of hydrogen-bond donors (Lipinski definition) is 2. The van der Waals surface area contributed by atoms with Crippen LogP contribution in [0.25, 0.3) is 5.76 Å². The zero-order chi connectivity index (χ0) is 19.9. The minimum Gasteiger partial charge on any atom is -0.495 e. The van der Waals surface area contributed by atoms with Crippen LogP contribution in [0.4, 0.5) is 4.39 Å².